The third-order valence-electron chi connectivity index (χ3n) is 3.82. The van der Waals surface area contributed by atoms with Crippen LogP contribution in [0.5, 0.6) is 0 Å². The van der Waals surface area contributed by atoms with Crippen LogP contribution in [0.25, 0.3) is 0 Å². The molecule has 1 aromatic heterocycles. The van der Waals surface area contributed by atoms with Crippen molar-refractivity contribution in [3.63, 3.8) is 0 Å². The molecule has 4 heteroatoms. The first-order chi connectivity index (χ1) is 10.3. The molecule has 4 nitrogen and oxygen atoms in total. The molecule has 3 rings (SSSR count). The molecule has 1 amide bonds. The van der Waals surface area contributed by atoms with Gasteiger partial charge in [0.1, 0.15) is 5.76 Å². The number of rotatable bonds is 4. The van der Waals surface area contributed by atoms with Gasteiger partial charge in [-0.3, -0.25) is 4.79 Å². The maximum atomic E-state index is 11.6. The fourth-order valence-corrected chi connectivity index (χ4v) is 2.82. The molecular formula is C17H20N2O2. The van der Waals surface area contributed by atoms with Gasteiger partial charge in [-0.05, 0) is 48.7 Å². The zero-order chi connectivity index (χ0) is 14.7. The molecular weight excluding hydrogens is 264 g/mol. The highest BCUT2D eigenvalue weighted by atomic mass is 16.3. The third kappa shape index (κ3) is 3.00. The molecule has 2 heterocycles. The van der Waals surface area contributed by atoms with Crippen LogP contribution in [-0.2, 0) is 11.2 Å². The van der Waals surface area contributed by atoms with Crippen LogP contribution in [-0.4, -0.2) is 12.5 Å². The maximum Gasteiger partial charge on any atom is 0.224 e. The SMILES string of the molecule is CCNC(c1ccc2c(c1)CCCC(=O)N2)c1ccco1. The number of hydrogen-bond donors (Lipinski definition) is 2. The predicted molar refractivity (Wildman–Crippen MR) is 82.2 cm³/mol. The van der Waals surface area contributed by atoms with Gasteiger partial charge in [0, 0.05) is 12.1 Å². The van der Waals surface area contributed by atoms with Gasteiger partial charge in [-0.25, -0.2) is 0 Å². The van der Waals surface area contributed by atoms with E-state index in [0.29, 0.717) is 6.42 Å². The summed E-state index contributed by atoms with van der Waals surface area (Å²) in [7, 11) is 0. The van der Waals surface area contributed by atoms with Crippen molar-refractivity contribution < 1.29 is 9.21 Å². The van der Waals surface area contributed by atoms with Gasteiger partial charge in [-0.1, -0.05) is 19.1 Å². The second-order valence-electron chi connectivity index (χ2n) is 5.32. The number of hydrogen-bond acceptors (Lipinski definition) is 3. The standard InChI is InChI=1S/C17H20N2O2/c1-2-18-17(15-6-4-10-21-15)13-8-9-14-12(11-13)5-3-7-16(20)19-14/h4,6,8-11,17-18H,2-3,5,7H2,1H3,(H,19,20). The lowest BCUT2D eigenvalue weighted by molar-refractivity contribution is -0.116. The van der Waals surface area contributed by atoms with Crippen LogP contribution in [0.2, 0.25) is 0 Å². The number of carbonyl (C=O) groups is 1. The Morgan fingerprint density at radius 2 is 2.24 bits per heavy atom. The minimum Gasteiger partial charge on any atom is -0.467 e. The van der Waals surface area contributed by atoms with E-state index in [9.17, 15) is 4.79 Å². The zero-order valence-electron chi connectivity index (χ0n) is 12.2. The number of benzene rings is 1. The molecule has 0 bridgehead atoms. The Morgan fingerprint density at radius 1 is 1.33 bits per heavy atom. The van der Waals surface area contributed by atoms with E-state index in [-0.39, 0.29) is 11.9 Å². The Labute approximate surface area is 124 Å². The average Bonchev–Trinajstić information content (AvgIpc) is 2.93. The van der Waals surface area contributed by atoms with E-state index in [1.807, 2.05) is 18.2 Å². The number of nitrogens with one attached hydrogen (secondary N) is 2. The second-order valence-corrected chi connectivity index (χ2v) is 5.32. The Bertz CT molecular complexity index is 620. The molecule has 1 aromatic carbocycles. The molecule has 21 heavy (non-hydrogen) atoms. The summed E-state index contributed by atoms with van der Waals surface area (Å²) in [6.45, 7) is 2.94. The minimum absolute atomic E-state index is 0.0502. The largest absolute Gasteiger partial charge is 0.467 e. The van der Waals surface area contributed by atoms with Crippen LogP contribution in [0.1, 0.15) is 42.7 Å². The van der Waals surface area contributed by atoms with E-state index in [4.69, 9.17) is 4.42 Å². The van der Waals surface area contributed by atoms with Gasteiger partial charge >= 0.3 is 0 Å². The van der Waals surface area contributed by atoms with E-state index >= 15 is 0 Å². The summed E-state index contributed by atoms with van der Waals surface area (Å²) < 4.78 is 5.56. The van der Waals surface area contributed by atoms with Gasteiger partial charge < -0.3 is 15.1 Å². The highest BCUT2D eigenvalue weighted by molar-refractivity contribution is 5.92. The Kier molecular flexibility index (Phi) is 4.06. The molecule has 0 radical (unpaired) electrons. The molecule has 2 N–H and O–H groups in total. The van der Waals surface area contributed by atoms with Gasteiger partial charge in [0.15, 0.2) is 0 Å². The number of furan rings is 1. The summed E-state index contributed by atoms with van der Waals surface area (Å²) in [6.07, 6.45) is 4.12. The van der Waals surface area contributed by atoms with Gasteiger partial charge in [0.05, 0.1) is 12.3 Å². The molecule has 2 aromatic rings. The molecule has 0 saturated carbocycles. The summed E-state index contributed by atoms with van der Waals surface area (Å²) in [5, 5.41) is 6.42. The molecule has 0 aliphatic carbocycles. The van der Waals surface area contributed by atoms with Crippen molar-refractivity contribution in [3.05, 3.63) is 53.5 Å². The average molecular weight is 284 g/mol. The summed E-state index contributed by atoms with van der Waals surface area (Å²) in [5.41, 5.74) is 3.31. The van der Waals surface area contributed by atoms with E-state index < -0.39 is 0 Å². The fourth-order valence-electron chi connectivity index (χ4n) is 2.82. The quantitative estimate of drug-likeness (QED) is 0.906. The van der Waals surface area contributed by atoms with E-state index in [1.54, 1.807) is 6.26 Å². The van der Waals surface area contributed by atoms with E-state index in [2.05, 4.69) is 29.7 Å². The van der Waals surface area contributed by atoms with Crippen LogP contribution in [0.3, 0.4) is 0 Å². The van der Waals surface area contributed by atoms with E-state index in [1.165, 1.54) is 11.1 Å². The normalized spacial score (nSPS) is 16.0. The highest BCUT2D eigenvalue weighted by Crippen LogP contribution is 2.29. The molecule has 0 saturated heterocycles. The second kappa shape index (κ2) is 6.14. The molecule has 1 aliphatic heterocycles. The minimum atomic E-state index is 0.0502. The third-order valence-corrected chi connectivity index (χ3v) is 3.82. The first kappa shape index (κ1) is 13.9. The number of carbonyl (C=O) groups excluding carboxylic acids is 1. The van der Waals surface area contributed by atoms with Crippen molar-refractivity contribution in [1.29, 1.82) is 0 Å². The van der Waals surface area contributed by atoms with Crippen LogP contribution < -0.4 is 10.6 Å². The van der Waals surface area contributed by atoms with Gasteiger partial charge in [0.2, 0.25) is 5.91 Å². The fraction of sp³-hybridized carbons (Fsp3) is 0.353. The van der Waals surface area contributed by atoms with Crippen LogP contribution in [0.4, 0.5) is 5.69 Å². The Hall–Kier alpha value is -2.07. The number of amides is 1. The lowest BCUT2D eigenvalue weighted by atomic mass is 9.98. The number of anilines is 1. The lowest BCUT2D eigenvalue weighted by Gasteiger charge is -2.18. The van der Waals surface area contributed by atoms with Crippen LogP contribution in [0.15, 0.2) is 41.0 Å². The highest BCUT2D eigenvalue weighted by Gasteiger charge is 2.19. The van der Waals surface area contributed by atoms with Crippen LogP contribution in [0, 0.1) is 0 Å². The zero-order valence-corrected chi connectivity index (χ0v) is 12.2. The van der Waals surface area contributed by atoms with Gasteiger partial charge in [0.25, 0.3) is 0 Å². The van der Waals surface area contributed by atoms with Gasteiger partial charge in [-0.15, -0.1) is 0 Å². The summed E-state index contributed by atoms with van der Waals surface area (Å²) in [5.74, 6) is 1.02. The molecule has 0 spiro atoms. The number of aryl methyl sites for hydroxylation is 1. The van der Waals surface area contributed by atoms with Crippen molar-refractivity contribution >= 4 is 11.6 Å². The first-order valence-corrected chi connectivity index (χ1v) is 7.47. The van der Waals surface area contributed by atoms with Gasteiger partial charge in [-0.2, -0.15) is 0 Å². The monoisotopic (exact) mass is 284 g/mol. The predicted octanol–water partition coefficient (Wildman–Crippen LogP) is 3.25. The van der Waals surface area contributed by atoms with Crippen molar-refractivity contribution in [2.75, 3.05) is 11.9 Å². The summed E-state index contributed by atoms with van der Waals surface area (Å²) >= 11 is 0. The van der Waals surface area contributed by atoms with E-state index in [0.717, 1.165) is 30.8 Å². The molecule has 1 unspecified atom stereocenters. The maximum absolute atomic E-state index is 11.6. The smallest absolute Gasteiger partial charge is 0.224 e. The Morgan fingerprint density at radius 3 is 3.00 bits per heavy atom. The molecule has 0 fully saturated rings. The summed E-state index contributed by atoms with van der Waals surface area (Å²) in [4.78, 5) is 11.6. The lowest BCUT2D eigenvalue weighted by Crippen LogP contribution is -2.21. The van der Waals surface area contributed by atoms with Crippen LogP contribution >= 0.6 is 0 Å². The molecule has 1 aliphatic rings. The summed E-state index contributed by atoms with van der Waals surface area (Å²) in [6, 6.07) is 10.2. The molecule has 1 atom stereocenters. The van der Waals surface area contributed by atoms with Crippen molar-refractivity contribution in [2.24, 2.45) is 0 Å². The Balaban J connectivity index is 1.94. The molecule has 110 valence electrons. The van der Waals surface area contributed by atoms with Crippen molar-refractivity contribution in [2.45, 2.75) is 32.2 Å². The van der Waals surface area contributed by atoms with Crippen molar-refractivity contribution in [3.8, 4) is 0 Å². The topological polar surface area (TPSA) is 54.3 Å². The number of fused-ring (bicyclic) bond motifs is 1. The van der Waals surface area contributed by atoms with Crippen molar-refractivity contribution in [1.82, 2.24) is 5.32 Å². The first-order valence-electron chi connectivity index (χ1n) is 7.47.